The zero-order valence-corrected chi connectivity index (χ0v) is 12.6. The second-order valence-corrected chi connectivity index (χ2v) is 4.53. The van der Waals surface area contributed by atoms with Gasteiger partial charge in [-0.2, -0.15) is 15.0 Å². The molecular formula is C13H21N7O. The van der Waals surface area contributed by atoms with E-state index in [4.69, 9.17) is 4.74 Å². The minimum atomic E-state index is 0.144. The quantitative estimate of drug-likeness (QED) is 0.759. The van der Waals surface area contributed by atoms with Gasteiger partial charge in [0.25, 0.3) is 0 Å². The Hall–Kier alpha value is -2.38. The van der Waals surface area contributed by atoms with Gasteiger partial charge in [0, 0.05) is 31.5 Å². The fourth-order valence-corrected chi connectivity index (χ4v) is 1.83. The maximum Gasteiger partial charge on any atom is 0.323 e. The molecule has 2 N–H and O–H groups in total. The number of nitrogens with zero attached hydrogens (tertiary/aromatic N) is 5. The topological polar surface area (TPSA) is 89.8 Å². The molecule has 1 unspecified atom stereocenters. The predicted molar refractivity (Wildman–Crippen MR) is 80.5 cm³/mol. The molecule has 2 heterocycles. The lowest BCUT2D eigenvalue weighted by molar-refractivity contribution is 0.312. The van der Waals surface area contributed by atoms with Crippen LogP contribution in [0, 0.1) is 0 Å². The number of anilines is 2. The van der Waals surface area contributed by atoms with Crippen LogP contribution in [-0.2, 0) is 6.54 Å². The summed E-state index contributed by atoms with van der Waals surface area (Å²) in [6.07, 6.45) is 5.45. The maximum absolute atomic E-state index is 5.36. The van der Waals surface area contributed by atoms with Crippen LogP contribution in [0.2, 0.25) is 0 Å². The molecule has 0 amide bonds. The molecule has 0 aliphatic rings. The van der Waals surface area contributed by atoms with Crippen LogP contribution >= 0.6 is 0 Å². The summed E-state index contributed by atoms with van der Waals surface area (Å²) in [5.74, 6) is 1.00. The van der Waals surface area contributed by atoms with Crippen molar-refractivity contribution in [3.8, 4) is 6.01 Å². The van der Waals surface area contributed by atoms with E-state index in [1.807, 2.05) is 24.6 Å². The highest BCUT2D eigenvalue weighted by Crippen LogP contribution is 2.12. The zero-order chi connectivity index (χ0) is 15.1. The lowest BCUT2D eigenvalue weighted by atomic mass is 10.3. The van der Waals surface area contributed by atoms with Gasteiger partial charge in [-0.1, -0.05) is 0 Å². The summed E-state index contributed by atoms with van der Waals surface area (Å²) in [5.41, 5.74) is 0. The Morgan fingerprint density at radius 1 is 1.24 bits per heavy atom. The highest BCUT2D eigenvalue weighted by molar-refractivity contribution is 5.36. The van der Waals surface area contributed by atoms with Gasteiger partial charge in [-0.25, -0.2) is 4.98 Å². The van der Waals surface area contributed by atoms with Crippen molar-refractivity contribution in [3.05, 3.63) is 18.7 Å². The van der Waals surface area contributed by atoms with Crippen LogP contribution in [0.15, 0.2) is 18.7 Å². The molecule has 0 spiro atoms. The smallest absolute Gasteiger partial charge is 0.323 e. The zero-order valence-electron chi connectivity index (χ0n) is 12.6. The van der Waals surface area contributed by atoms with E-state index in [1.54, 1.807) is 12.5 Å². The van der Waals surface area contributed by atoms with Crippen molar-refractivity contribution in [2.45, 2.75) is 33.4 Å². The Labute approximate surface area is 124 Å². The Morgan fingerprint density at radius 3 is 2.71 bits per heavy atom. The SMILES string of the molecule is CCNc1nc(NC(C)Cn2ccnc2)nc(OCC)n1. The van der Waals surface area contributed by atoms with E-state index >= 15 is 0 Å². The van der Waals surface area contributed by atoms with Crippen LogP contribution in [0.3, 0.4) is 0 Å². The number of ether oxygens (including phenoxy) is 1. The van der Waals surface area contributed by atoms with E-state index in [9.17, 15) is 0 Å². The summed E-state index contributed by atoms with van der Waals surface area (Å²) in [5, 5.41) is 6.32. The number of imidazole rings is 1. The van der Waals surface area contributed by atoms with Crippen LogP contribution in [-0.4, -0.2) is 43.7 Å². The first-order valence-corrected chi connectivity index (χ1v) is 7.06. The Balaban J connectivity index is 2.06. The number of rotatable bonds is 8. The average Bonchev–Trinajstić information content (AvgIpc) is 2.91. The van der Waals surface area contributed by atoms with Gasteiger partial charge >= 0.3 is 6.01 Å². The van der Waals surface area contributed by atoms with Crippen molar-refractivity contribution in [1.82, 2.24) is 24.5 Å². The van der Waals surface area contributed by atoms with Crippen molar-refractivity contribution in [1.29, 1.82) is 0 Å². The molecule has 0 bridgehead atoms. The minimum absolute atomic E-state index is 0.144. The molecule has 0 radical (unpaired) electrons. The van der Waals surface area contributed by atoms with Crippen LogP contribution in [0.25, 0.3) is 0 Å². The largest absolute Gasteiger partial charge is 0.464 e. The first-order valence-electron chi connectivity index (χ1n) is 7.06. The van der Waals surface area contributed by atoms with Crippen molar-refractivity contribution in [2.75, 3.05) is 23.8 Å². The van der Waals surface area contributed by atoms with Gasteiger partial charge in [-0.05, 0) is 20.8 Å². The van der Waals surface area contributed by atoms with Crippen LogP contribution in [0.1, 0.15) is 20.8 Å². The lowest BCUT2D eigenvalue weighted by Crippen LogP contribution is -2.23. The first-order chi connectivity index (χ1) is 10.2. The van der Waals surface area contributed by atoms with Gasteiger partial charge in [0.15, 0.2) is 0 Å². The second kappa shape index (κ2) is 7.41. The molecule has 0 aliphatic heterocycles. The van der Waals surface area contributed by atoms with Gasteiger partial charge in [0.05, 0.1) is 12.9 Å². The van der Waals surface area contributed by atoms with E-state index in [0.717, 1.165) is 13.1 Å². The van der Waals surface area contributed by atoms with Gasteiger partial charge in [0.1, 0.15) is 0 Å². The Bertz CT molecular complexity index is 519. The van der Waals surface area contributed by atoms with E-state index in [0.29, 0.717) is 24.5 Å². The molecule has 2 rings (SSSR count). The van der Waals surface area contributed by atoms with E-state index < -0.39 is 0 Å². The molecule has 114 valence electrons. The normalized spacial score (nSPS) is 12.0. The Morgan fingerprint density at radius 2 is 2.05 bits per heavy atom. The molecule has 0 saturated heterocycles. The molecule has 0 aromatic carbocycles. The molecule has 0 aliphatic carbocycles. The molecule has 0 fully saturated rings. The predicted octanol–water partition coefficient (Wildman–Crippen LogP) is 1.40. The van der Waals surface area contributed by atoms with Crippen molar-refractivity contribution in [3.63, 3.8) is 0 Å². The molecule has 2 aromatic rings. The highest BCUT2D eigenvalue weighted by atomic mass is 16.5. The molecular weight excluding hydrogens is 270 g/mol. The van der Waals surface area contributed by atoms with Gasteiger partial charge in [-0.15, -0.1) is 0 Å². The third-order valence-corrected chi connectivity index (χ3v) is 2.64. The molecule has 2 aromatic heterocycles. The standard InChI is InChI=1S/C13H21N7O/c1-4-15-11-17-12(19-13(18-11)21-5-2)16-10(3)8-20-7-6-14-9-20/h6-7,9-10H,4-5,8H2,1-3H3,(H2,15,16,17,18,19). The third-order valence-electron chi connectivity index (χ3n) is 2.64. The van der Waals surface area contributed by atoms with Gasteiger partial charge in [0.2, 0.25) is 11.9 Å². The lowest BCUT2D eigenvalue weighted by Gasteiger charge is -2.15. The molecule has 8 heteroatoms. The number of nitrogens with one attached hydrogen (secondary N) is 2. The molecule has 8 nitrogen and oxygen atoms in total. The van der Waals surface area contributed by atoms with Crippen molar-refractivity contribution < 1.29 is 4.74 Å². The van der Waals surface area contributed by atoms with Crippen LogP contribution in [0.4, 0.5) is 11.9 Å². The van der Waals surface area contributed by atoms with Crippen molar-refractivity contribution >= 4 is 11.9 Å². The van der Waals surface area contributed by atoms with Crippen LogP contribution in [0.5, 0.6) is 6.01 Å². The second-order valence-electron chi connectivity index (χ2n) is 4.53. The Kier molecular flexibility index (Phi) is 5.30. The molecule has 21 heavy (non-hydrogen) atoms. The number of aromatic nitrogens is 5. The summed E-state index contributed by atoms with van der Waals surface area (Å²) in [6, 6.07) is 0.464. The maximum atomic E-state index is 5.36. The van der Waals surface area contributed by atoms with Crippen LogP contribution < -0.4 is 15.4 Å². The third kappa shape index (κ3) is 4.59. The van der Waals surface area contributed by atoms with E-state index in [-0.39, 0.29) is 6.04 Å². The summed E-state index contributed by atoms with van der Waals surface area (Å²) in [7, 11) is 0. The fraction of sp³-hybridized carbons (Fsp3) is 0.538. The fourth-order valence-electron chi connectivity index (χ4n) is 1.83. The van der Waals surface area contributed by atoms with E-state index in [1.165, 1.54) is 0 Å². The highest BCUT2D eigenvalue weighted by Gasteiger charge is 2.10. The average molecular weight is 291 g/mol. The summed E-state index contributed by atoms with van der Waals surface area (Å²) in [6.45, 7) is 7.95. The molecule has 0 saturated carbocycles. The van der Waals surface area contributed by atoms with Crippen molar-refractivity contribution in [2.24, 2.45) is 0 Å². The van der Waals surface area contributed by atoms with E-state index in [2.05, 4.69) is 37.5 Å². The van der Waals surface area contributed by atoms with Gasteiger partial charge < -0.3 is 19.9 Å². The summed E-state index contributed by atoms with van der Waals surface area (Å²) in [4.78, 5) is 16.8. The minimum Gasteiger partial charge on any atom is -0.464 e. The van der Waals surface area contributed by atoms with Gasteiger partial charge in [-0.3, -0.25) is 0 Å². The number of hydrogen-bond donors (Lipinski definition) is 2. The molecule has 1 atom stereocenters. The summed E-state index contributed by atoms with van der Waals surface area (Å²) >= 11 is 0. The first kappa shape index (κ1) is 15.0. The monoisotopic (exact) mass is 291 g/mol. The number of hydrogen-bond acceptors (Lipinski definition) is 7. The summed E-state index contributed by atoms with van der Waals surface area (Å²) < 4.78 is 7.36.